The van der Waals surface area contributed by atoms with Crippen molar-refractivity contribution in [3.63, 3.8) is 0 Å². The third kappa shape index (κ3) is 5.03. The lowest BCUT2D eigenvalue weighted by molar-refractivity contribution is 0.570. The van der Waals surface area contributed by atoms with Crippen LogP contribution in [0.15, 0.2) is 56.7 Å². The fourth-order valence-corrected chi connectivity index (χ4v) is 3.94. The second-order valence-corrected chi connectivity index (χ2v) is 7.39. The Labute approximate surface area is 144 Å². The molecule has 1 N–H and O–H groups in total. The first-order chi connectivity index (χ1) is 10.1. The summed E-state index contributed by atoms with van der Waals surface area (Å²) >= 11 is 11.7. The van der Waals surface area contributed by atoms with Crippen LogP contribution in [0, 0.1) is 0 Å². The summed E-state index contributed by atoms with van der Waals surface area (Å²) in [6.07, 6.45) is 1.12. The Bertz CT molecular complexity index is 603. The number of nitrogens with one attached hydrogen (secondary N) is 1. The van der Waals surface area contributed by atoms with E-state index < -0.39 is 0 Å². The maximum atomic E-state index is 6.44. The molecule has 0 fully saturated rings. The van der Waals surface area contributed by atoms with E-state index in [1.807, 2.05) is 18.2 Å². The minimum Gasteiger partial charge on any atom is -0.310 e. The second kappa shape index (κ2) is 8.23. The zero-order valence-electron chi connectivity index (χ0n) is 12.2. The summed E-state index contributed by atoms with van der Waals surface area (Å²) in [4.78, 5) is 2.36. The van der Waals surface area contributed by atoms with Crippen LogP contribution in [0.4, 0.5) is 0 Å². The van der Waals surface area contributed by atoms with E-state index in [-0.39, 0.29) is 6.04 Å². The largest absolute Gasteiger partial charge is 0.310 e. The van der Waals surface area contributed by atoms with E-state index in [2.05, 4.69) is 59.4 Å². The Morgan fingerprint density at radius 2 is 1.95 bits per heavy atom. The van der Waals surface area contributed by atoms with Gasteiger partial charge in [-0.1, -0.05) is 58.3 Å². The van der Waals surface area contributed by atoms with Crippen LogP contribution >= 0.6 is 39.3 Å². The molecule has 0 bridgehead atoms. The summed E-state index contributed by atoms with van der Waals surface area (Å²) < 4.78 is 1.09. The lowest BCUT2D eigenvalue weighted by atomic mass is 10.1. The number of rotatable bonds is 6. The third-order valence-electron chi connectivity index (χ3n) is 3.17. The zero-order chi connectivity index (χ0) is 15.2. The lowest BCUT2D eigenvalue weighted by Gasteiger charge is -2.16. The number of benzene rings is 2. The Kier molecular flexibility index (Phi) is 6.62. The monoisotopic (exact) mass is 383 g/mol. The molecule has 4 heteroatoms. The van der Waals surface area contributed by atoms with Gasteiger partial charge in [-0.25, -0.2) is 0 Å². The van der Waals surface area contributed by atoms with Crippen molar-refractivity contribution in [2.75, 3.05) is 6.54 Å². The quantitative estimate of drug-likeness (QED) is 0.626. The molecule has 2 aromatic rings. The van der Waals surface area contributed by atoms with E-state index >= 15 is 0 Å². The Hall–Kier alpha value is -0.480. The van der Waals surface area contributed by atoms with Crippen LogP contribution in [-0.4, -0.2) is 6.54 Å². The summed E-state index contributed by atoms with van der Waals surface area (Å²) in [5.41, 5.74) is 1.16. The smallest absolute Gasteiger partial charge is 0.0464 e. The molecule has 0 aliphatic rings. The highest BCUT2D eigenvalue weighted by Gasteiger charge is 2.10. The summed E-state index contributed by atoms with van der Waals surface area (Å²) in [5, 5.41) is 4.29. The van der Waals surface area contributed by atoms with Gasteiger partial charge >= 0.3 is 0 Å². The molecule has 0 aliphatic carbocycles. The predicted molar refractivity (Wildman–Crippen MR) is 96.4 cm³/mol. The van der Waals surface area contributed by atoms with E-state index in [0.717, 1.165) is 32.9 Å². The molecule has 0 spiro atoms. The lowest BCUT2D eigenvalue weighted by Crippen LogP contribution is -2.19. The Balaban J connectivity index is 2.11. The molecule has 0 heterocycles. The maximum absolute atomic E-state index is 6.44. The number of halogens is 2. The van der Waals surface area contributed by atoms with Crippen molar-refractivity contribution >= 4 is 39.3 Å². The van der Waals surface area contributed by atoms with Crippen molar-refractivity contribution in [3.05, 3.63) is 57.5 Å². The van der Waals surface area contributed by atoms with Gasteiger partial charge in [-0.3, -0.25) is 0 Å². The second-order valence-electron chi connectivity index (χ2n) is 4.92. The first-order valence-corrected chi connectivity index (χ1v) is 9.05. The van der Waals surface area contributed by atoms with Crippen LogP contribution in [0.1, 0.15) is 31.9 Å². The highest BCUT2D eigenvalue weighted by atomic mass is 79.9. The molecular formula is C17H19BrClNS. The fourth-order valence-electron chi connectivity index (χ4n) is 2.06. The molecule has 0 radical (unpaired) electrons. The summed E-state index contributed by atoms with van der Waals surface area (Å²) in [6.45, 7) is 5.32. The van der Waals surface area contributed by atoms with Gasteiger partial charge in [0.15, 0.2) is 0 Å². The van der Waals surface area contributed by atoms with Gasteiger partial charge in [0.2, 0.25) is 0 Å². The average Bonchev–Trinajstić information content (AvgIpc) is 2.45. The summed E-state index contributed by atoms with van der Waals surface area (Å²) in [5.74, 6) is 0. The fraction of sp³-hybridized carbons (Fsp3) is 0.294. The van der Waals surface area contributed by atoms with Crippen molar-refractivity contribution < 1.29 is 0 Å². The van der Waals surface area contributed by atoms with Crippen molar-refractivity contribution in [2.45, 2.75) is 36.1 Å². The van der Waals surface area contributed by atoms with Gasteiger partial charge in [0, 0.05) is 25.3 Å². The molecule has 1 nitrogen and oxygen atoms in total. The molecule has 0 aliphatic heterocycles. The first-order valence-electron chi connectivity index (χ1n) is 7.06. The van der Waals surface area contributed by atoms with Crippen LogP contribution in [0.25, 0.3) is 0 Å². The van der Waals surface area contributed by atoms with Crippen LogP contribution in [0.3, 0.4) is 0 Å². The molecule has 21 heavy (non-hydrogen) atoms. The summed E-state index contributed by atoms with van der Waals surface area (Å²) in [6, 6.07) is 14.9. The molecule has 0 saturated heterocycles. The summed E-state index contributed by atoms with van der Waals surface area (Å²) in [7, 11) is 0. The highest BCUT2D eigenvalue weighted by Crippen LogP contribution is 2.33. The van der Waals surface area contributed by atoms with E-state index in [1.165, 1.54) is 4.90 Å². The van der Waals surface area contributed by atoms with Crippen molar-refractivity contribution in [3.8, 4) is 0 Å². The van der Waals surface area contributed by atoms with Gasteiger partial charge in [0.05, 0.1) is 0 Å². The molecule has 112 valence electrons. The first kappa shape index (κ1) is 16.9. The third-order valence-corrected chi connectivity index (χ3v) is 4.97. The molecule has 1 atom stereocenters. The highest BCUT2D eigenvalue weighted by molar-refractivity contribution is 9.10. The standard InChI is InChI=1S/C17H19BrClNS/c1-3-9-20-12(2)16-8-7-15(11-17(16)19)21-14-6-4-5-13(18)10-14/h4-8,10-12,20H,3,9H2,1-2H3. The van der Waals surface area contributed by atoms with E-state index in [9.17, 15) is 0 Å². The van der Waals surface area contributed by atoms with Crippen molar-refractivity contribution in [1.29, 1.82) is 0 Å². The van der Waals surface area contributed by atoms with Gasteiger partial charge < -0.3 is 5.32 Å². The molecule has 2 rings (SSSR count). The SMILES string of the molecule is CCCNC(C)c1ccc(Sc2cccc(Br)c2)cc1Cl. The van der Waals surface area contributed by atoms with Crippen LogP contribution in [0.5, 0.6) is 0 Å². The van der Waals surface area contributed by atoms with Gasteiger partial charge in [-0.05, 0) is 55.8 Å². The zero-order valence-corrected chi connectivity index (χ0v) is 15.4. The van der Waals surface area contributed by atoms with Crippen LogP contribution in [-0.2, 0) is 0 Å². The Morgan fingerprint density at radius 1 is 1.19 bits per heavy atom. The molecule has 0 aromatic heterocycles. The molecule has 2 aromatic carbocycles. The minimum absolute atomic E-state index is 0.280. The topological polar surface area (TPSA) is 12.0 Å². The Morgan fingerprint density at radius 3 is 2.62 bits per heavy atom. The minimum atomic E-state index is 0.280. The molecule has 0 amide bonds. The molecule has 0 saturated carbocycles. The number of hydrogen-bond donors (Lipinski definition) is 1. The molecular weight excluding hydrogens is 366 g/mol. The molecule has 1 unspecified atom stereocenters. The maximum Gasteiger partial charge on any atom is 0.0464 e. The van der Waals surface area contributed by atoms with Gasteiger partial charge in [-0.2, -0.15) is 0 Å². The predicted octanol–water partition coefficient (Wildman–Crippen LogP) is 6.31. The van der Waals surface area contributed by atoms with E-state index in [4.69, 9.17) is 11.6 Å². The van der Waals surface area contributed by atoms with Gasteiger partial charge in [-0.15, -0.1) is 0 Å². The average molecular weight is 385 g/mol. The van der Waals surface area contributed by atoms with Gasteiger partial charge in [0.1, 0.15) is 0 Å². The van der Waals surface area contributed by atoms with E-state index in [0.29, 0.717) is 0 Å². The normalized spacial score (nSPS) is 12.4. The number of hydrogen-bond acceptors (Lipinski definition) is 2. The van der Waals surface area contributed by atoms with Crippen LogP contribution in [0.2, 0.25) is 5.02 Å². The van der Waals surface area contributed by atoms with E-state index in [1.54, 1.807) is 11.8 Å². The van der Waals surface area contributed by atoms with Crippen molar-refractivity contribution in [1.82, 2.24) is 5.32 Å². The van der Waals surface area contributed by atoms with Crippen molar-refractivity contribution in [2.24, 2.45) is 0 Å². The van der Waals surface area contributed by atoms with Crippen LogP contribution < -0.4 is 5.32 Å². The van der Waals surface area contributed by atoms with Gasteiger partial charge in [0.25, 0.3) is 0 Å².